The Kier molecular flexibility index (Phi) is 4.53. The Bertz CT molecular complexity index is 735. The summed E-state index contributed by atoms with van der Waals surface area (Å²) in [6, 6.07) is 10.9. The molecule has 6 heteroatoms. The molecule has 2 heterocycles. The lowest BCUT2D eigenvalue weighted by Gasteiger charge is -2.33. The monoisotopic (exact) mass is 340 g/mol. The van der Waals surface area contributed by atoms with Crippen molar-refractivity contribution in [2.75, 3.05) is 13.1 Å². The Morgan fingerprint density at radius 1 is 1.16 bits per heavy atom. The van der Waals surface area contributed by atoms with E-state index in [2.05, 4.69) is 39.5 Å². The molecule has 4 rings (SSSR count). The van der Waals surface area contributed by atoms with Crippen LogP contribution >= 0.6 is 0 Å². The second kappa shape index (κ2) is 6.96. The van der Waals surface area contributed by atoms with Crippen molar-refractivity contribution < 1.29 is 9.90 Å². The molecule has 0 bridgehead atoms. The van der Waals surface area contributed by atoms with Gasteiger partial charge in [0.15, 0.2) is 0 Å². The van der Waals surface area contributed by atoms with E-state index >= 15 is 0 Å². The van der Waals surface area contributed by atoms with Gasteiger partial charge in [-0.15, -0.1) is 5.10 Å². The number of nitrogens with zero attached hydrogens (tertiary/aromatic N) is 4. The third-order valence-electron chi connectivity index (χ3n) is 5.54. The first-order valence-electron chi connectivity index (χ1n) is 9.12. The average molecular weight is 340 g/mol. The van der Waals surface area contributed by atoms with E-state index in [0.717, 1.165) is 50.3 Å². The molecule has 1 aliphatic carbocycles. The normalized spacial score (nSPS) is 21.8. The molecule has 0 amide bonds. The van der Waals surface area contributed by atoms with Crippen LogP contribution in [0, 0.1) is 5.92 Å². The van der Waals surface area contributed by atoms with Gasteiger partial charge in [-0.3, -0.25) is 9.69 Å². The Morgan fingerprint density at radius 2 is 1.92 bits per heavy atom. The summed E-state index contributed by atoms with van der Waals surface area (Å²) < 4.78 is 2.03. The highest BCUT2D eigenvalue weighted by atomic mass is 16.4. The Morgan fingerprint density at radius 3 is 2.64 bits per heavy atom. The van der Waals surface area contributed by atoms with Crippen molar-refractivity contribution in [1.29, 1.82) is 0 Å². The Balaban J connectivity index is 1.40. The number of piperidine rings is 1. The van der Waals surface area contributed by atoms with Gasteiger partial charge in [-0.05, 0) is 31.2 Å². The van der Waals surface area contributed by atoms with Crippen LogP contribution in [0.1, 0.15) is 42.3 Å². The summed E-state index contributed by atoms with van der Waals surface area (Å²) in [6.07, 6.45) is 4.07. The summed E-state index contributed by atoms with van der Waals surface area (Å²) >= 11 is 0. The molecule has 6 nitrogen and oxygen atoms in total. The molecule has 0 spiro atoms. The van der Waals surface area contributed by atoms with Crippen LogP contribution in [-0.2, 0) is 24.2 Å². The smallest absolute Gasteiger partial charge is 0.306 e. The molecule has 132 valence electrons. The SMILES string of the molecule is O=C(O)[C@@H]1CCc2nnn(C3CCN(Cc4ccccc4)CC3)c2C1. The van der Waals surface area contributed by atoms with Gasteiger partial charge in [-0.2, -0.15) is 0 Å². The zero-order valence-corrected chi connectivity index (χ0v) is 14.3. The maximum Gasteiger partial charge on any atom is 0.306 e. The van der Waals surface area contributed by atoms with Crippen molar-refractivity contribution >= 4 is 5.97 Å². The first-order chi connectivity index (χ1) is 12.2. The third-order valence-corrected chi connectivity index (χ3v) is 5.54. The molecule has 2 aromatic rings. The van der Waals surface area contributed by atoms with Crippen molar-refractivity contribution in [3.05, 3.63) is 47.3 Å². The molecule has 1 saturated heterocycles. The Labute approximate surface area is 147 Å². The average Bonchev–Trinajstić information content (AvgIpc) is 3.06. The number of likely N-dealkylation sites (tertiary alicyclic amines) is 1. The molecular formula is C19H24N4O2. The van der Waals surface area contributed by atoms with Crippen LogP contribution in [0.25, 0.3) is 0 Å². The topological polar surface area (TPSA) is 71.2 Å². The largest absolute Gasteiger partial charge is 0.481 e. The number of benzene rings is 1. The van der Waals surface area contributed by atoms with Crippen LogP contribution in [0.4, 0.5) is 0 Å². The predicted octanol–water partition coefficient (Wildman–Crippen LogP) is 2.30. The first kappa shape index (κ1) is 16.3. The van der Waals surface area contributed by atoms with E-state index < -0.39 is 5.97 Å². The number of aromatic nitrogens is 3. The molecule has 1 fully saturated rings. The van der Waals surface area contributed by atoms with Crippen molar-refractivity contribution in [2.45, 2.75) is 44.7 Å². The van der Waals surface area contributed by atoms with Crippen LogP contribution in [0.5, 0.6) is 0 Å². The molecule has 1 aromatic heterocycles. The minimum absolute atomic E-state index is 0.289. The van der Waals surface area contributed by atoms with E-state index in [9.17, 15) is 9.90 Å². The van der Waals surface area contributed by atoms with Crippen molar-refractivity contribution in [1.82, 2.24) is 19.9 Å². The van der Waals surface area contributed by atoms with E-state index in [1.165, 1.54) is 5.56 Å². The molecule has 2 aliphatic rings. The minimum Gasteiger partial charge on any atom is -0.481 e. The van der Waals surface area contributed by atoms with Gasteiger partial charge in [-0.25, -0.2) is 4.68 Å². The first-order valence-corrected chi connectivity index (χ1v) is 9.12. The van der Waals surface area contributed by atoms with Crippen molar-refractivity contribution in [3.63, 3.8) is 0 Å². The lowest BCUT2D eigenvalue weighted by atomic mass is 9.89. The second-order valence-corrected chi connectivity index (χ2v) is 7.20. The van der Waals surface area contributed by atoms with E-state index in [1.54, 1.807) is 0 Å². The number of aliphatic carboxylic acids is 1. The third kappa shape index (κ3) is 3.44. The maximum absolute atomic E-state index is 11.3. The van der Waals surface area contributed by atoms with Crippen molar-refractivity contribution in [2.24, 2.45) is 5.92 Å². The molecule has 1 aromatic carbocycles. The molecule has 1 N–H and O–H groups in total. The summed E-state index contributed by atoms with van der Waals surface area (Å²) in [6.45, 7) is 3.07. The standard InChI is InChI=1S/C19H24N4O2/c24-19(25)15-6-7-17-18(12-15)23(21-20-17)16-8-10-22(11-9-16)13-14-4-2-1-3-5-14/h1-5,15-16H,6-13H2,(H,24,25)/t15-/m1/s1. The highest BCUT2D eigenvalue weighted by Gasteiger charge is 2.31. The van der Waals surface area contributed by atoms with Gasteiger partial charge in [-0.1, -0.05) is 35.5 Å². The second-order valence-electron chi connectivity index (χ2n) is 7.20. The molecule has 25 heavy (non-hydrogen) atoms. The quantitative estimate of drug-likeness (QED) is 0.925. The van der Waals surface area contributed by atoms with Gasteiger partial charge >= 0.3 is 5.97 Å². The lowest BCUT2D eigenvalue weighted by Crippen LogP contribution is -2.35. The van der Waals surface area contributed by atoms with Crippen LogP contribution < -0.4 is 0 Å². The molecule has 0 radical (unpaired) electrons. The summed E-state index contributed by atoms with van der Waals surface area (Å²) in [5.74, 6) is -0.987. The van der Waals surface area contributed by atoms with E-state index in [0.29, 0.717) is 18.9 Å². The number of carboxylic acids is 1. The summed E-state index contributed by atoms with van der Waals surface area (Å²) in [5.41, 5.74) is 3.41. The van der Waals surface area contributed by atoms with Gasteiger partial charge in [0.05, 0.1) is 23.3 Å². The van der Waals surface area contributed by atoms with Gasteiger partial charge in [0.2, 0.25) is 0 Å². The van der Waals surface area contributed by atoms with Gasteiger partial charge in [0.25, 0.3) is 0 Å². The van der Waals surface area contributed by atoms with Crippen molar-refractivity contribution in [3.8, 4) is 0 Å². The zero-order chi connectivity index (χ0) is 17.2. The summed E-state index contributed by atoms with van der Waals surface area (Å²) in [4.78, 5) is 13.8. The molecule has 0 unspecified atom stereocenters. The zero-order valence-electron chi connectivity index (χ0n) is 14.3. The highest BCUT2D eigenvalue weighted by molar-refractivity contribution is 5.70. The molecule has 0 saturated carbocycles. The lowest BCUT2D eigenvalue weighted by molar-refractivity contribution is -0.142. The van der Waals surface area contributed by atoms with Crippen LogP contribution in [-0.4, -0.2) is 44.1 Å². The molecule has 1 aliphatic heterocycles. The number of carboxylic acid groups (broad SMARTS) is 1. The summed E-state index contributed by atoms with van der Waals surface area (Å²) in [5, 5.41) is 18.0. The highest BCUT2D eigenvalue weighted by Crippen LogP contribution is 2.30. The van der Waals surface area contributed by atoms with Gasteiger partial charge in [0.1, 0.15) is 0 Å². The van der Waals surface area contributed by atoms with E-state index in [-0.39, 0.29) is 5.92 Å². The maximum atomic E-state index is 11.3. The fourth-order valence-corrected chi connectivity index (χ4v) is 4.07. The van der Waals surface area contributed by atoms with Crippen LogP contribution in [0.3, 0.4) is 0 Å². The number of hydrogen-bond acceptors (Lipinski definition) is 4. The number of rotatable bonds is 4. The molecular weight excluding hydrogens is 316 g/mol. The van der Waals surface area contributed by atoms with Crippen LogP contribution in [0.2, 0.25) is 0 Å². The van der Waals surface area contributed by atoms with Crippen LogP contribution in [0.15, 0.2) is 30.3 Å². The van der Waals surface area contributed by atoms with Gasteiger partial charge in [0, 0.05) is 26.1 Å². The number of carbonyl (C=O) groups is 1. The number of hydrogen-bond donors (Lipinski definition) is 1. The predicted molar refractivity (Wildman–Crippen MR) is 93.2 cm³/mol. The van der Waals surface area contributed by atoms with E-state index in [4.69, 9.17) is 0 Å². The fourth-order valence-electron chi connectivity index (χ4n) is 4.07. The number of fused-ring (bicyclic) bond motifs is 1. The molecule has 1 atom stereocenters. The minimum atomic E-state index is -0.698. The van der Waals surface area contributed by atoms with E-state index in [1.807, 2.05) is 10.7 Å². The summed E-state index contributed by atoms with van der Waals surface area (Å²) in [7, 11) is 0. The number of aryl methyl sites for hydroxylation is 1. The fraction of sp³-hybridized carbons (Fsp3) is 0.526. The van der Waals surface area contributed by atoms with Gasteiger partial charge < -0.3 is 5.11 Å². The Hall–Kier alpha value is -2.21.